The molecular formula is C26H27NO6S. The normalized spacial score (nSPS) is 12.8. The Morgan fingerprint density at radius 3 is 2.56 bits per heavy atom. The molecule has 34 heavy (non-hydrogen) atoms. The first-order valence-corrected chi connectivity index (χ1v) is 12.1. The summed E-state index contributed by atoms with van der Waals surface area (Å²) in [7, 11) is 0. The van der Waals surface area contributed by atoms with Crippen LogP contribution in [0, 0.1) is 0 Å². The van der Waals surface area contributed by atoms with Crippen molar-refractivity contribution >= 4 is 45.0 Å². The molecule has 1 amide bonds. The van der Waals surface area contributed by atoms with Crippen LogP contribution in [0.5, 0.6) is 5.75 Å². The largest absolute Gasteiger partial charge is 0.482 e. The number of hydrogen-bond donors (Lipinski definition) is 1. The Bertz CT molecular complexity index is 1220. The topological polar surface area (TPSA) is 90.9 Å². The summed E-state index contributed by atoms with van der Waals surface area (Å²) in [4.78, 5) is 38.4. The fraction of sp³-hybridized carbons (Fsp3) is 0.346. The lowest BCUT2D eigenvalue weighted by molar-refractivity contribution is -0.149. The highest BCUT2D eigenvalue weighted by Gasteiger charge is 2.28. The maximum atomic E-state index is 12.7. The lowest BCUT2D eigenvalue weighted by atomic mass is 9.95. The van der Waals surface area contributed by atoms with Gasteiger partial charge in [0.05, 0.1) is 11.7 Å². The number of rotatable bonds is 8. The number of carbonyl (C=O) groups excluding carboxylic acids is 3. The molecule has 0 radical (unpaired) electrons. The van der Waals surface area contributed by atoms with Crippen LogP contribution in [0.3, 0.4) is 0 Å². The second-order valence-electron chi connectivity index (χ2n) is 8.38. The van der Waals surface area contributed by atoms with Crippen LogP contribution in [-0.2, 0) is 31.9 Å². The predicted octanol–water partition coefficient (Wildman–Crippen LogP) is 4.91. The summed E-state index contributed by atoms with van der Waals surface area (Å²) in [5, 5.41) is 5.25. The Hall–Kier alpha value is -3.39. The van der Waals surface area contributed by atoms with Gasteiger partial charge in [-0.25, -0.2) is 9.59 Å². The van der Waals surface area contributed by atoms with Crippen LogP contribution in [0.1, 0.15) is 47.5 Å². The van der Waals surface area contributed by atoms with Gasteiger partial charge in [-0.15, -0.1) is 11.3 Å². The zero-order valence-electron chi connectivity index (χ0n) is 19.2. The molecule has 1 N–H and O–H groups in total. The highest BCUT2D eigenvalue weighted by atomic mass is 32.1. The summed E-state index contributed by atoms with van der Waals surface area (Å²) < 4.78 is 16.0. The summed E-state index contributed by atoms with van der Waals surface area (Å²) in [6.45, 7) is 2.79. The zero-order valence-corrected chi connectivity index (χ0v) is 20.0. The first-order valence-electron chi connectivity index (χ1n) is 11.3. The number of carbonyl (C=O) groups is 3. The number of thiophene rings is 1. The summed E-state index contributed by atoms with van der Waals surface area (Å²) in [6, 6.07) is 13.3. The van der Waals surface area contributed by atoms with Gasteiger partial charge in [-0.05, 0) is 68.0 Å². The third-order valence-corrected chi connectivity index (χ3v) is 6.62. The summed E-state index contributed by atoms with van der Waals surface area (Å²) in [5.74, 6) is -1.08. The van der Waals surface area contributed by atoms with Gasteiger partial charge >= 0.3 is 11.9 Å². The van der Waals surface area contributed by atoms with E-state index >= 15 is 0 Å². The number of fused-ring (bicyclic) bond motifs is 2. The minimum Gasteiger partial charge on any atom is -0.482 e. The van der Waals surface area contributed by atoms with Gasteiger partial charge in [0.25, 0.3) is 5.91 Å². The van der Waals surface area contributed by atoms with Gasteiger partial charge in [-0.2, -0.15) is 0 Å². The average molecular weight is 482 g/mol. The van der Waals surface area contributed by atoms with Crippen molar-refractivity contribution in [2.75, 3.05) is 18.5 Å². The molecule has 0 bridgehead atoms. The van der Waals surface area contributed by atoms with Gasteiger partial charge in [0.2, 0.25) is 0 Å². The average Bonchev–Trinajstić information content (AvgIpc) is 3.18. The van der Waals surface area contributed by atoms with E-state index in [0.717, 1.165) is 46.9 Å². The highest BCUT2D eigenvalue weighted by Crippen LogP contribution is 2.38. The third kappa shape index (κ3) is 5.75. The molecule has 0 aliphatic heterocycles. The Morgan fingerprint density at radius 2 is 1.76 bits per heavy atom. The summed E-state index contributed by atoms with van der Waals surface area (Å²) in [5.41, 5.74) is 1.38. The summed E-state index contributed by atoms with van der Waals surface area (Å²) >= 11 is 1.39. The maximum absolute atomic E-state index is 12.7. The number of anilines is 1. The zero-order chi connectivity index (χ0) is 24.1. The first-order chi connectivity index (χ1) is 16.4. The van der Waals surface area contributed by atoms with Gasteiger partial charge in [0.15, 0.2) is 13.2 Å². The predicted molar refractivity (Wildman–Crippen MR) is 131 cm³/mol. The van der Waals surface area contributed by atoms with Crippen molar-refractivity contribution < 1.29 is 28.6 Å². The van der Waals surface area contributed by atoms with Crippen molar-refractivity contribution in [1.29, 1.82) is 0 Å². The van der Waals surface area contributed by atoms with Gasteiger partial charge in [0, 0.05) is 4.88 Å². The van der Waals surface area contributed by atoms with E-state index in [-0.39, 0.29) is 12.7 Å². The number of esters is 2. The van der Waals surface area contributed by atoms with Gasteiger partial charge in [-0.1, -0.05) is 30.3 Å². The minimum absolute atomic E-state index is 0.265. The van der Waals surface area contributed by atoms with Crippen molar-refractivity contribution in [2.45, 2.75) is 45.6 Å². The Balaban J connectivity index is 1.33. The summed E-state index contributed by atoms with van der Waals surface area (Å²) in [6.07, 6.45) is 3.44. The van der Waals surface area contributed by atoms with E-state index in [2.05, 4.69) is 5.32 Å². The molecule has 0 saturated heterocycles. The number of aryl methyl sites for hydroxylation is 1. The van der Waals surface area contributed by atoms with E-state index in [4.69, 9.17) is 14.2 Å². The number of ether oxygens (including phenoxy) is 3. The molecule has 0 saturated carbocycles. The van der Waals surface area contributed by atoms with Crippen LogP contribution in [0.2, 0.25) is 0 Å². The third-order valence-electron chi connectivity index (χ3n) is 5.41. The maximum Gasteiger partial charge on any atom is 0.344 e. The molecule has 0 spiro atoms. The smallest absolute Gasteiger partial charge is 0.344 e. The Morgan fingerprint density at radius 1 is 1.00 bits per heavy atom. The molecule has 8 heteroatoms. The van der Waals surface area contributed by atoms with Crippen LogP contribution in [0.15, 0.2) is 42.5 Å². The second-order valence-corrected chi connectivity index (χ2v) is 9.48. The van der Waals surface area contributed by atoms with Crippen LogP contribution in [0.25, 0.3) is 10.8 Å². The second kappa shape index (κ2) is 10.7. The number of benzene rings is 2. The quantitative estimate of drug-likeness (QED) is 0.460. The monoisotopic (exact) mass is 481 g/mol. The molecule has 7 nitrogen and oxygen atoms in total. The van der Waals surface area contributed by atoms with E-state index in [1.807, 2.05) is 36.4 Å². The first kappa shape index (κ1) is 23.8. The molecule has 0 unspecified atom stereocenters. The van der Waals surface area contributed by atoms with Crippen molar-refractivity contribution in [2.24, 2.45) is 0 Å². The number of nitrogens with one attached hydrogen (secondary N) is 1. The molecule has 1 aliphatic rings. The van der Waals surface area contributed by atoms with E-state index in [1.165, 1.54) is 11.3 Å². The standard InChI is InChI=1S/C26H27NO6S/c1-16(2)33-26(30)24-20-9-5-6-10-21(20)34-25(24)27-22(28)14-32-23(29)15-31-19-12-11-17-7-3-4-8-18(17)13-19/h3-4,7-8,11-13,16H,5-6,9-10,14-15H2,1-2H3,(H,27,28). The lowest BCUT2D eigenvalue weighted by Crippen LogP contribution is -2.24. The van der Waals surface area contributed by atoms with Crippen molar-refractivity contribution in [3.63, 3.8) is 0 Å². The molecule has 0 fully saturated rings. The van der Waals surface area contributed by atoms with Gasteiger partial charge < -0.3 is 19.5 Å². The van der Waals surface area contributed by atoms with Crippen molar-refractivity contribution in [3.8, 4) is 5.75 Å². The molecule has 1 heterocycles. The molecule has 4 rings (SSSR count). The van der Waals surface area contributed by atoms with Crippen molar-refractivity contribution in [3.05, 3.63) is 58.5 Å². The number of hydrogen-bond acceptors (Lipinski definition) is 7. The van der Waals surface area contributed by atoms with Crippen molar-refractivity contribution in [1.82, 2.24) is 0 Å². The fourth-order valence-corrected chi connectivity index (χ4v) is 5.19. The van der Waals surface area contributed by atoms with E-state index in [0.29, 0.717) is 16.3 Å². The Labute approximate surface area is 202 Å². The van der Waals surface area contributed by atoms with E-state index < -0.39 is 24.5 Å². The Kier molecular flexibility index (Phi) is 7.47. The molecule has 2 aromatic carbocycles. The SMILES string of the molecule is CC(C)OC(=O)c1c(NC(=O)COC(=O)COc2ccc3ccccc3c2)sc2c1CCCC2. The molecular weight excluding hydrogens is 454 g/mol. The van der Waals surface area contributed by atoms with Crippen LogP contribution < -0.4 is 10.1 Å². The molecule has 0 atom stereocenters. The fourth-order valence-electron chi connectivity index (χ4n) is 3.89. The minimum atomic E-state index is -0.659. The highest BCUT2D eigenvalue weighted by molar-refractivity contribution is 7.17. The van der Waals surface area contributed by atoms with E-state index in [1.54, 1.807) is 19.9 Å². The molecule has 3 aromatic rings. The van der Waals surface area contributed by atoms with Crippen LogP contribution in [-0.4, -0.2) is 37.2 Å². The van der Waals surface area contributed by atoms with E-state index in [9.17, 15) is 14.4 Å². The molecule has 178 valence electrons. The van der Waals surface area contributed by atoms with Gasteiger partial charge in [-0.3, -0.25) is 4.79 Å². The number of amides is 1. The lowest BCUT2D eigenvalue weighted by Gasteiger charge is -2.14. The molecule has 1 aliphatic carbocycles. The van der Waals surface area contributed by atoms with Gasteiger partial charge in [0.1, 0.15) is 10.8 Å². The van der Waals surface area contributed by atoms with Crippen LogP contribution >= 0.6 is 11.3 Å². The van der Waals surface area contributed by atoms with Crippen LogP contribution in [0.4, 0.5) is 5.00 Å². The molecule has 1 aromatic heterocycles.